The van der Waals surface area contributed by atoms with E-state index in [4.69, 9.17) is 4.74 Å². The van der Waals surface area contributed by atoms with Crippen LogP contribution in [0.3, 0.4) is 0 Å². The Morgan fingerprint density at radius 3 is 2.32 bits per heavy atom. The highest BCUT2D eigenvalue weighted by molar-refractivity contribution is 7.98. The molecule has 0 radical (unpaired) electrons. The summed E-state index contributed by atoms with van der Waals surface area (Å²) >= 11 is 1.58. The summed E-state index contributed by atoms with van der Waals surface area (Å²) in [5.41, 5.74) is 1.62. The zero-order valence-corrected chi connectivity index (χ0v) is 20.0. The standard InChI is InChI=1S/C24H36N2O4S/c1-24(2,3)18-12-10-17(11-13-18)22(28)26-20(14-15-31-4)23(29)30-16-21(27)25-19-8-6-5-7-9-19/h10-13,19-20H,5-9,14-16H2,1-4H3,(H,25,27)(H,26,28). The van der Waals surface area contributed by atoms with E-state index in [1.165, 1.54) is 6.42 Å². The van der Waals surface area contributed by atoms with E-state index in [0.717, 1.165) is 31.2 Å². The lowest BCUT2D eigenvalue weighted by molar-refractivity contribution is -0.150. The molecule has 1 aromatic rings. The third-order valence-electron chi connectivity index (χ3n) is 5.53. The predicted molar refractivity (Wildman–Crippen MR) is 125 cm³/mol. The molecule has 6 nitrogen and oxygen atoms in total. The smallest absolute Gasteiger partial charge is 0.329 e. The second kappa shape index (κ2) is 12.1. The molecule has 0 spiro atoms. The van der Waals surface area contributed by atoms with Gasteiger partial charge in [-0.25, -0.2) is 4.79 Å². The molecule has 1 aliphatic rings. The zero-order chi connectivity index (χ0) is 22.9. The average Bonchev–Trinajstić information content (AvgIpc) is 2.75. The number of esters is 1. The largest absolute Gasteiger partial charge is 0.454 e. The average molecular weight is 449 g/mol. The molecular weight excluding hydrogens is 412 g/mol. The van der Waals surface area contributed by atoms with Crippen LogP contribution < -0.4 is 10.6 Å². The van der Waals surface area contributed by atoms with Crippen LogP contribution in [0.25, 0.3) is 0 Å². The van der Waals surface area contributed by atoms with Gasteiger partial charge in [-0.1, -0.05) is 52.2 Å². The van der Waals surface area contributed by atoms with Crippen LogP contribution in [0.15, 0.2) is 24.3 Å². The minimum absolute atomic E-state index is 0.00209. The lowest BCUT2D eigenvalue weighted by Crippen LogP contribution is -2.44. The van der Waals surface area contributed by atoms with Crippen molar-refractivity contribution in [3.63, 3.8) is 0 Å². The summed E-state index contributed by atoms with van der Waals surface area (Å²) in [4.78, 5) is 37.4. The van der Waals surface area contributed by atoms with E-state index in [2.05, 4.69) is 31.4 Å². The van der Waals surface area contributed by atoms with E-state index in [9.17, 15) is 14.4 Å². The number of carbonyl (C=O) groups is 3. The van der Waals surface area contributed by atoms with Crippen molar-refractivity contribution in [3.05, 3.63) is 35.4 Å². The molecule has 0 bridgehead atoms. The zero-order valence-electron chi connectivity index (χ0n) is 19.2. The summed E-state index contributed by atoms with van der Waals surface area (Å²) in [6.45, 7) is 6.02. The SMILES string of the molecule is CSCCC(NC(=O)c1ccc(C(C)(C)C)cc1)C(=O)OCC(=O)NC1CCCCC1. The van der Waals surface area contributed by atoms with E-state index in [1.54, 1.807) is 23.9 Å². The first-order chi connectivity index (χ1) is 14.7. The lowest BCUT2D eigenvalue weighted by atomic mass is 9.86. The van der Waals surface area contributed by atoms with Crippen LogP contribution in [-0.2, 0) is 19.7 Å². The van der Waals surface area contributed by atoms with Gasteiger partial charge in [0.05, 0.1) is 0 Å². The van der Waals surface area contributed by atoms with Gasteiger partial charge in [-0.3, -0.25) is 9.59 Å². The Kier molecular flexibility index (Phi) is 9.88. The molecule has 0 heterocycles. The van der Waals surface area contributed by atoms with Gasteiger partial charge in [0.25, 0.3) is 11.8 Å². The number of nitrogens with one attached hydrogen (secondary N) is 2. The van der Waals surface area contributed by atoms with Crippen LogP contribution in [0.4, 0.5) is 0 Å². The number of ether oxygens (including phenoxy) is 1. The third-order valence-corrected chi connectivity index (χ3v) is 6.17. The molecule has 1 atom stereocenters. The quantitative estimate of drug-likeness (QED) is 0.561. The summed E-state index contributed by atoms with van der Waals surface area (Å²) in [6.07, 6.45) is 7.76. The Labute approximate surface area is 190 Å². The van der Waals surface area contributed by atoms with Crippen molar-refractivity contribution in [2.24, 2.45) is 0 Å². The first kappa shape index (κ1) is 25.2. The number of hydrogen-bond acceptors (Lipinski definition) is 5. The van der Waals surface area contributed by atoms with Crippen LogP contribution in [0.5, 0.6) is 0 Å². The van der Waals surface area contributed by atoms with Crippen molar-refractivity contribution >= 4 is 29.5 Å². The second-order valence-electron chi connectivity index (χ2n) is 9.15. The minimum Gasteiger partial charge on any atom is -0.454 e. The first-order valence-electron chi connectivity index (χ1n) is 11.1. The summed E-state index contributed by atoms with van der Waals surface area (Å²) in [5, 5.41) is 5.71. The molecule has 31 heavy (non-hydrogen) atoms. The van der Waals surface area contributed by atoms with Gasteiger partial charge in [-0.2, -0.15) is 11.8 Å². The molecule has 2 rings (SSSR count). The fourth-order valence-corrected chi connectivity index (χ4v) is 4.07. The molecule has 172 valence electrons. The van der Waals surface area contributed by atoms with E-state index in [-0.39, 0.29) is 29.9 Å². The number of rotatable bonds is 9. The number of carbonyl (C=O) groups excluding carboxylic acids is 3. The van der Waals surface area contributed by atoms with Crippen LogP contribution in [-0.4, -0.2) is 48.5 Å². The Morgan fingerprint density at radius 1 is 1.10 bits per heavy atom. The highest BCUT2D eigenvalue weighted by Gasteiger charge is 2.24. The van der Waals surface area contributed by atoms with Crippen molar-refractivity contribution in [3.8, 4) is 0 Å². The normalized spacial score (nSPS) is 15.7. The third kappa shape index (κ3) is 8.56. The van der Waals surface area contributed by atoms with Crippen molar-refractivity contribution in [1.29, 1.82) is 0 Å². The number of hydrogen-bond donors (Lipinski definition) is 2. The van der Waals surface area contributed by atoms with Gasteiger partial charge in [0, 0.05) is 11.6 Å². The van der Waals surface area contributed by atoms with Gasteiger partial charge in [-0.05, 0) is 54.4 Å². The molecule has 1 aromatic carbocycles. The first-order valence-corrected chi connectivity index (χ1v) is 12.5. The molecule has 7 heteroatoms. The van der Waals surface area contributed by atoms with Gasteiger partial charge in [0.15, 0.2) is 6.61 Å². The van der Waals surface area contributed by atoms with E-state index in [1.807, 2.05) is 18.4 Å². The highest BCUT2D eigenvalue weighted by Crippen LogP contribution is 2.22. The molecule has 1 aliphatic carbocycles. The Hall–Kier alpha value is -2.02. The number of amides is 2. The van der Waals surface area contributed by atoms with Crippen LogP contribution in [0.1, 0.15) is 75.2 Å². The molecule has 0 aliphatic heterocycles. The van der Waals surface area contributed by atoms with Gasteiger partial charge >= 0.3 is 5.97 Å². The molecule has 2 N–H and O–H groups in total. The van der Waals surface area contributed by atoms with E-state index >= 15 is 0 Å². The van der Waals surface area contributed by atoms with Gasteiger partial charge in [0.1, 0.15) is 6.04 Å². The molecule has 0 aromatic heterocycles. The van der Waals surface area contributed by atoms with Crippen LogP contribution in [0, 0.1) is 0 Å². The molecule has 1 unspecified atom stereocenters. The maximum atomic E-state index is 12.7. The maximum absolute atomic E-state index is 12.7. The second-order valence-corrected chi connectivity index (χ2v) is 10.1. The summed E-state index contributed by atoms with van der Waals surface area (Å²) in [5.74, 6) is -0.493. The highest BCUT2D eigenvalue weighted by atomic mass is 32.2. The fraction of sp³-hybridized carbons (Fsp3) is 0.625. The molecule has 2 amide bonds. The van der Waals surface area contributed by atoms with Gasteiger partial charge < -0.3 is 15.4 Å². The van der Waals surface area contributed by atoms with Crippen molar-refractivity contribution in [1.82, 2.24) is 10.6 Å². The van der Waals surface area contributed by atoms with Gasteiger partial charge in [-0.15, -0.1) is 0 Å². The molecule has 1 saturated carbocycles. The van der Waals surface area contributed by atoms with E-state index < -0.39 is 12.0 Å². The fourth-order valence-electron chi connectivity index (χ4n) is 3.60. The monoisotopic (exact) mass is 448 g/mol. The molecule has 1 fully saturated rings. The summed E-state index contributed by atoms with van der Waals surface area (Å²) in [6, 6.07) is 6.78. The molecular formula is C24H36N2O4S. The van der Waals surface area contributed by atoms with E-state index in [0.29, 0.717) is 17.7 Å². The van der Waals surface area contributed by atoms with Gasteiger partial charge in [0.2, 0.25) is 0 Å². The number of benzene rings is 1. The van der Waals surface area contributed by atoms with Crippen molar-refractivity contribution in [2.45, 2.75) is 76.8 Å². The predicted octanol–water partition coefficient (Wildman–Crippen LogP) is 3.83. The Balaban J connectivity index is 1.91. The minimum atomic E-state index is -0.787. The lowest BCUT2D eigenvalue weighted by Gasteiger charge is -2.23. The Bertz CT molecular complexity index is 737. The maximum Gasteiger partial charge on any atom is 0.329 e. The number of thioether (sulfide) groups is 1. The van der Waals surface area contributed by atoms with Crippen LogP contribution >= 0.6 is 11.8 Å². The van der Waals surface area contributed by atoms with Crippen molar-refractivity contribution in [2.75, 3.05) is 18.6 Å². The van der Waals surface area contributed by atoms with Crippen LogP contribution in [0.2, 0.25) is 0 Å². The van der Waals surface area contributed by atoms with Crippen molar-refractivity contribution < 1.29 is 19.1 Å². The summed E-state index contributed by atoms with van der Waals surface area (Å²) < 4.78 is 5.23. The topological polar surface area (TPSA) is 84.5 Å². The molecule has 0 saturated heterocycles. The summed E-state index contributed by atoms with van der Waals surface area (Å²) in [7, 11) is 0. The Morgan fingerprint density at radius 2 is 1.74 bits per heavy atom.